The summed E-state index contributed by atoms with van der Waals surface area (Å²) in [4.78, 5) is 5.44. The summed E-state index contributed by atoms with van der Waals surface area (Å²) in [5, 5.41) is 9.75. The van der Waals surface area contributed by atoms with Gasteiger partial charge in [-0.3, -0.25) is 5.10 Å². The first-order chi connectivity index (χ1) is 6.97. The second-order valence-corrected chi connectivity index (χ2v) is 5.73. The van der Waals surface area contributed by atoms with Crippen molar-refractivity contribution in [3.8, 4) is 10.7 Å². The van der Waals surface area contributed by atoms with Crippen molar-refractivity contribution in [2.75, 3.05) is 0 Å². The molecule has 0 aliphatic carbocycles. The van der Waals surface area contributed by atoms with Crippen molar-refractivity contribution in [2.45, 2.75) is 26.2 Å². The molecule has 0 bridgehead atoms. The van der Waals surface area contributed by atoms with E-state index in [9.17, 15) is 0 Å². The Morgan fingerprint density at radius 3 is 2.60 bits per heavy atom. The average molecular weight is 242 g/mol. The summed E-state index contributed by atoms with van der Waals surface area (Å²) in [5.74, 6) is 1.61. The van der Waals surface area contributed by atoms with E-state index in [2.05, 4.69) is 36.0 Å². The van der Waals surface area contributed by atoms with E-state index in [0.717, 1.165) is 21.5 Å². The minimum absolute atomic E-state index is 0.00763. The second-order valence-electron chi connectivity index (χ2n) is 4.39. The van der Waals surface area contributed by atoms with Crippen molar-refractivity contribution >= 4 is 22.9 Å². The monoisotopic (exact) mass is 241 g/mol. The number of H-pyrrole nitrogens is 1. The number of nitrogens with zero attached hydrogens (tertiary/aromatic N) is 2. The molecule has 0 saturated heterocycles. The molecular weight excluding hydrogens is 230 g/mol. The third kappa shape index (κ3) is 2.21. The minimum Gasteiger partial charge on any atom is -0.262 e. The van der Waals surface area contributed by atoms with E-state index >= 15 is 0 Å². The number of aromatic amines is 1. The van der Waals surface area contributed by atoms with Gasteiger partial charge in [0.15, 0.2) is 5.82 Å². The molecule has 0 spiro atoms. The molecule has 0 aliphatic rings. The van der Waals surface area contributed by atoms with Crippen LogP contribution in [0.2, 0.25) is 5.02 Å². The number of nitrogens with one attached hydrogen (secondary N) is 1. The summed E-state index contributed by atoms with van der Waals surface area (Å²) >= 11 is 7.40. The summed E-state index contributed by atoms with van der Waals surface area (Å²) < 4.78 is 0. The van der Waals surface area contributed by atoms with Gasteiger partial charge in [-0.1, -0.05) is 32.4 Å². The van der Waals surface area contributed by atoms with E-state index in [-0.39, 0.29) is 5.41 Å². The van der Waals surface area contributed by atoms with Crippen LogP contribution in [-0.4, -0.2) is 15.2 Å². The Morgan fingerprint density at radius 1 is 1.40 bits per heavy atom. The summed E-state index contributed by atoms with van der Waals surface area (Å²) in [7, 11) is 0. The Balaban J connectivity index is 2.36. The van der Waals surface area contributed by atoms with Gasteiger partial charge in [0, 0.05) is 10.8 Å². The van der Waals surface area contributed by atoms with Gasteiger partial charge >= 0.3 is 0 Å². The third-order valence-electron chi connectivity index (χ3n) is 1.98. The van der Waals surface area contributed by atoms with Gasteiger partial charge in [-0.15, -0.1) is 11.3 Å². The van der Waals surface area contributed by atoms with Gasteiger partial charge in [-0.25, -0.2) is 4.98 Å². The normalized spacial score (nSPS) is 12.0. The Labute approximate surface area is 97.5 Å². The predicted octanol–water partition coefficient (Wildman–Crippen LogP) is 3.48. The quantitative estimate of drug-likeness (QED) is 0.831. The molecule has 0 radical (unpaired) electrons. The summed E-state index contributed by atoms with van der Waals surface area (Å²) in [6.07, 6.45) is 0. The van der Waals surface area contributed by atoms with Crippen LogP contribution < -0.4 is 0 Å². The van der Waals surface area contributed by atoms with E-state index < -0.39 is 0 Å². The lowest BCUT2D eigenvalue weighted by atomic mass is 9.96. The van der Waals surface area contributed by atoms with Crippen molar-refractivity contribution < 1.29 is 0 Å². The van der Waals surface area contributed by atoms with Crippen LogP contribution in [0.5, 0.6) is 0 Å². The van der Waals surface area contributed by atoms with Crippen LogP contribution in [0.4, 0.5) is 0 Å². The van der Waals surface area contributed by atoms with Crippen LogP contribution in [-0.2, 0) is 5.41 Å². The van der Waals surface area contributed by atoms with Crippen molar-refractivity contribution in [1.29, 1.82) is 0 Å². The molecular formula is C10H12ClN3S. The molecule has 2 rings (SSSR count). The summed E-state index contributed by atoms with van der Waals surface area (Å²) in [5.41, 5.74) is -0.00763. The number of hydrogen-bond acceptors (Lipinski definition) is 3. The van der Waals surface area contributed by atoms with Crippen LogP contribution in [0.15, 0.2) is 11.4 Å². The van der Waals surface area contributed by atoms with Gasteiger partial charge in [0.05, 0.1) is 9.90 Å². The standard InChI is InChI=1S/C10H12ClN3S/c1-10(2,3)9-12-8(13-14-9)7-4-6(11)5-15-7/h4-5H,1-3H3,(H,12,13,14). The lowest BCUT2D eigenvalue weighted by molar-refractivity contribution is 0.548. The van der Waals surface area contributed by atoms with Crippen molar-refractivity contribution in [1.82, 2.24) is 15.2 Å². The fraction of sp³-hybridized carbons (Fsp3) is 0.400. The molecule has 2 aromatic rings. The fourth-order valence-corrected chi connectivity index (χ4v) is 2.14. The molecule has 2 aromatic heterocycles. The molecule has 0 atom stereocenters. The highest BCUT2D eigenvalue weighted by Crippen LogP contribution is 2.28. The molecule has 80 valence electrons. The molecule has 5 heteroatoms. The van der Waals surface area contributed by atoms with E-state index in [0.29, 0.717) is 0 Å². The fourth-order valence-electron chi connectivity index (χ4n) is 1.14. The smallest absolute Gasteiger partial charge is 0.191 e. The van der Waals surface area contributed by atoms with E-state index in [1.807, 2.05) is 11.4 Å². The molecule has 0 unspecified atom stereocenters. The number of hydrogen-bond donors (Lipinski definition) is 1. The zero-order valence-corrected chi connectivity index (χ0v) is 10.4. The van der Waals surface area contributed by atoms with E-state index in [1.54, 1.807) is 11.3 Å². The zero-order chi connectivity index (χ0) is 11.1. The Kier molecular flexibility index (Phi) is 2.56. The molecule has 0 saturated carbocycles. The first kappa shape index (κ1) is 10.6. The van der Waals surface area contributed by atoms with Crippen molar-refractivity contribution in [2.24, 2.45) is 0 Å². The number of thiophene rings is 1. The highest BCUT2D eigenvalue weighted by Gasteiger charge is 2.19. The molecule has 3 nitrogen and oxygen atoms in total. The maximum atomic E-state index is 5.85. The van der Waals surface area contributed by atoms with Gasteiger partial charge in [0.25, 0.3) is 0 Å². The second kappa shape index (κ2) is 3.61. The molecule has 15 heavy (non-hydrogen) atoms. The lowest BCUT2D eigenvalue weighted by Crippen LogP contribution is -2.13. The molecule has 1 N–H and O–H groups in total. The SMILES string of the molecule is CC(C)(C)c1nc(-c2cc(Cl)cs2)n[nH]1. The van der Waals surface area contributed by atoms with Gasteiger partial charge < -0.3 is 0 Å². The lowest BCUT2D eigenvalue weighted by Gasteiger charge is -2.12. The van der Waals surface area contributed by atoms with E-state index in [4.69, 9.17) is 11.6 Å². The van der Waals surface area contributed by atoms with Crippen LogP contribution in [0.3, 0.4) is 0 Å². The zero-order valence-electron chi connectivity index (χ0n) is 8.84. The van der Waals surface area contributed by atoms with E-state index in [1.165, 1.54) is 0 Å². The molecule has 2 heterocycles. The predicted molar refractivity (Wildman–Crippen MR) is 63.4 cm³/mol. The molecule has 0 aromatic carbocycles. The molecule has 0 amide bonds. The van der Waals surface area contributed by atoms with Gasteiger partial charge in [-0.2, -0.15) is 5.10 Å². The first-order valence-electron chi connectivity index (χ1n) is 4.64. The topological polar surface area (TPSA) is 41.6 Å². The summed E-state index contributed by atoms with van der Waals surface area (Å²) in [6, 6.07) is 1.88. The minimum atomic E-state index is -0.00763. The van der Waals surface area contributed by atoms with Crippen LogP contribution in [0.25, 0.3) is 10.7 Å². The maximum absolute atomic E-state index is 5.85. The Morgan fingerprint density at radius 2 is 2.13 bits per heavy atom. The number of rotatable bonds is 1. The Hall–Kier alpha value is -0.870. The van der Waals surface area contributed by atoms with Gasteiger partial charge in [-0.05, 0) is 6.07 Å². The van der Waals surface area contributed by atoms with Crippen molar-refractivity contribution in [3.05, 3.63) is 22.3 Å². The Bertz CT molecular complexity index is 467. The van der Waals surface area contributed by atoms with Gasteiger partial charge in [0.1, 0.15) is 5.82 Å². The van der Waals surface area contributed by atoms with Crippen molar-refractivity contribution in [3.63, 3.8) is 0 Å². The van der Waals surface area contributed by atoms with Gasteiger partial charge in [0.2, 0.25) is 0 Å². The van der Waals surface area contributed by atoms with Crippen LogP contribution in [0, 0.1) is 0 Å². The average Bonchev–Trinajstić information content (AvgIpc) is 2.69. The number of aromatic nitrogens is 3. The highest BCUT2D eigenvalue weighted by molar-refractivity contribution is 7.14. The largest absolute Gasteiger partial charge is 0.262 e. The third-order valence-corrected chi connectivity index (χ3v) is 3.26. The van der Waals surface area contributed by atoms with Crippen LogP contribution >= 0.6 is 22.9 Å². The maximum Gasteiger partial charge on any atom is 0.191 e. The first-order valence-corrected chi connectivity index (χ1v) is 5.90. The molecule has 0 fully saturated rings. The molecule has 0 aliphatic heterocycles. The number of halogens is 1. The summed E-state index contributed by atoms with van der Waals surface area (Å²) in [6.45, 7) is 6.29. The highest BCUT2D eigenvalue weighted by atomic mass is 35.5. The van der Waals surface area contributed by atoms with Crippen LogP contribution in [0.1, 0.15) is 26.6 Å².